The first kappa shape index (κ1) is 17.0. The molecule has 0 atom stereocenters. The van der Waals surface area contributed by atoms with Crippen LogP contribution in [0.1, 0.15) is 12.0 Å². The minimum Gasteiger partial charge on any atom is -0.467 e. The van der Waals surface area contributed by atoms with Gasteiger partial charge in [0.25, 0.3) is 0 Å². The molecule has 4 rings (SSSR count). The fourth-order valence-corrected chi connectivity index (χ4v) is 3.83. The zero-order valence-corrected chi connectivity index (χ0v) is 15.0. The Morgan fingerprint density at radius 3 is 2.78 bits per heavy atom. The van der Waals surface area contributed by atoms with E-state index in [2.05, 4.69) is 32.5 Å². The number of rotatable bonds is 4. The lowest BCUT2D eigenvalue weighted by Crippen LogP contribution is -2.59. The highest BCUT2D eigenvalue weighted by Gasteiger charge is 2.49. The second-order valence-corrected chi connectivity index (χ2v) is 6.88. The number of nitriles is 1. The topological polar surface area (TPSA) is 100 Å². The van der Waals surface area contributed by atoms with Crippen molar-refractivity contribution in [2.75, 3.05) is 38.2 Å². The van der Waals surface area contributed by atoms with Gasteiger partial charge in [0.05, 0.1) is 7.11 Å². The molecule has 0 bridgehead atoms. The number of carbonyl (C=O) groups is 1. The summed E-state index contributed by atoms with van der Waals surface area (Å²) in [6, 6.07) is 2.43. The molecule has 2 fully saturated rings. The van der Waals surface area contributed by atoms with E-state index in [9.17, 15) is 10.1 Å². The summed E-state index contributed by atoms with van der Waals surface area (Å²) < 4.78 is 6.92. The zero-order chi connectivity index (χ0) is 19.0. The third-order valence-corrected chi connectivity index (χ3v) is 5.17. The molecule has 0 aromatic carbocycles. The van der Waals surface area contributed by atoms with Crippen LogP contribution < -0.4 is 9.64 Å². The Kier molecular flexibility index (Phi) is 4.03. The highest BCUT2D eigenvalue weighted by atomic mass is 16.5. The molecule has 2 aliphatic rings. The fraction of sp³-hybridized carbons (Fsp3) is 0.389. The molecule has 0 saturated carbocycles. The molecule has 2 aliphatic heterocycles. The lowest BCUT2D eigenvalue weighted by atomic mass is 9.79. The smallest absolute Gasteiger partial charge is 0.320 e. The van der Waals surface area contributed by atoms with Gasteiger partial charge in [-0.1, -0.05) is 6.58 Å². The summed E-state index contributed by atoms with van der Waals surface area (Å²) in [6.07, 6.45) is 7.22. The molecule has 138 valence electrons. The first-order chi connectivity index (χ1) is 13.1. The summed E-state index contributed by atoms with van der Waals surface area (Å²) in [5.74, 6) is 0.955. The average molecular weight is 365 g/mol. The number of ether oxygens (including phenoxy) is 1. The van der Waals surface area contributed by atoms with Gasteiger partial charge < -0.3 is 14.5 Å². The van der Waals surface area contributed by atoms with Crippen molar-refractivity contribution in [1.29, 1.82) is 5.26 Å². The van der Waals surface area contributed by atoms with Crippen LogP contribution in [0.2, 0.25) is 0 Å². The van der Waals surface area contributed by atoms with Crippen LogP contribution >= 0.6 is 0 Å². The summed E-state index contributed by atoms with van der Waals surface area (Å²) in [7, 11) is 1.50. The Labute approximate surface area is 156 Å². The maximum Gasteiger partial charge on any atom is 0.320 e. The molecule has 2 aromatic rings. The third kappa shape index (κ3) is 2.79. The molecule has 2 aromatic heterocycles. The average Bonchev–Trinajstić information content (AvgIpc) is 3.35. The summed E-state index contributed by atoms with van der Waals surface area (Å²) >= 11 is 0. The van der Waals surface area contributed by atoms with Gasteiger partial charge in [0.2, 0.25) is 5.91 Å². The van der Waals surface area contributed by atoms with Crippen molar-refractivity contribution < 1.29 is 9.53 Å². The molecule has 1 spiro atoms. The second kappa shape index (κ2) is 6.39. The van der Waals surface area contributed by atoms with Gasteiger partial charge in [-0.05, 0) is 12.5 Å². The normalized spacial score (nSPS) is 17.5. The standard InChI is InChI=1S/C18H19N7O2/c1-3-14(26)25-10-18(11-25)4-6-23(9-18)15-13(8-19)16(22-17(21-15)27-2)24-7-5-20-12-24/h3,5,7,12H,1,4,6,9-11H2,2H3. The van der Waals surface area contributed by atoms with Gasteiger partial charge in [-0.15, -0.1) is 0 Å². The molecular formula is C18H19N7O2. The van der Waals surface area contributed by atoms with E-state index in [-0.39, 0.29) is 17.3 Å². The first-order valence-electron chi connectivity index (χ1n) is 8.60. The van der Waals surface area contributed by atoms with E-state index in [0.717, 1.165) is 19.5 Å². The maximum absolute atomic E-state index is 11.8. The Balaban J connectivity index is 1.65. The van der Waals surface area contributed by atoms with Crippen LogP contribution in [0, 0.1) is 16.7 Å². The van der Waals surface area contributed by atoms with Crippen LogP contribution in [0.4, 0.5) is 5.82 Å². The quantitative estimate of drug-likeness (QED) is 0.738. The van der Waals surface area contributed by atoms with Gasteiger partial charge in [-0.3, -0.25) is 9.36 Å². The third-order valence-electron chi connectivity index (χ3n) is 5.17. The summed E-state index contributed by atoms with van der Waals surface area (Å²) in [4.78, 5) is 28.4. The number of likely N-dealkylation sites (tertiary alicyclic amines) is 1. The van der Waals surface area contributed by atoms with Crippen LogP contribution in [0.3, 0.4) is 0 Å². The van der Waals surface area contributed by atoms with E-state index < -0.39 is 0 Å². The van der Waals surface area contributed by atoms with Crippen molar-refractivity contribution in [3.8, 4) is 17.9 Å². The van der Waals surface area contributed by atoms with E-state index in [4.69, 9.17) is 4.74 Å². The SMILES string of the molecule is C=CC(=O)N1CC2(CCN(c3nc(OC)nc(-n4ccnc4)c3C#N)C2)C1. The molecule has 9 nitrogen and oxygen atoms in total. The van der Waals surface area contributed by atoms with Crippen LogP contribution in [-0.4, -0.2) is 63.6 Å². The minimum atomic E-state index is -0.0390. The molecule has 1 amide bonds. The molecule has 0 radical (unpaired) electrons. The van der Waals surface area contributed by atoms with Crippen molar-refractivity contribution in [2.24, 2.45) is 5.41 Å². The Bertz CT molecular complexity index is 926. The maximum atomic E-state index is 11.8. The van der Waals surface area contributed by atoms with Crippen LogP contribution in [0.5, 0.6) is 6.01 Å². The minimum absolute atomic E-state index is 0.0390. The first-order valence-corrected chi connectivity index (χ1v) is 8.60. The molecule has 9 heteroatoms. The predicted molar refractivity (Wildman–Crippen MR) is 96.5 cm³/mol. The number of carbonyl (C=O) groups excluding carboxylic acids is 1. The van der Waals surface area contributed by atoms with E-state index in [1.54, 1.807) is 28.2 Å². The number of hydrogen-bond donors (Lipinski definition) is 0. The monoisotopic (exact) mass is 365 g/mol. The van der Waals surface area contributed by atoms with Crippen molar-refractivity contribution in [1.82, 2.24) is 24.4 Å². The highest BCUT2D eigenvalue weighted by Crippen LogP contribution is 2.42. The number of methoxy groups -OCH3 is 1. The van der Waals surface area contributed by atoms with E-state index in [0.29, 0.717) is 30.3 Å². The predicted octanol–water partition coefficient (Wildman–Crippen LogP) is 0.767. The van der Waals surface area contributed by atoms with Gasteiger partial charge in [0.1, 0.15) is 18.0 Å². The van der Waals surface area contributed by atoms with E-state index in [1.165, 1.54) is 13.2 Å². The summed E-state index contributed by atoms with van der Waals surface area (Å²) in [5.41, 5.74) is 0.419. The van der Waals surface area contributed by atoms with E-state index >= 15 is 0 Å². The summed E-state index contributed by atoms with van der Waals surface area (Å²) in [5, 5.41) is 9.77. The lowest BCUT2D eigenvalue weighted by molar-refractivity contribution is -0.136. The van der Waals surface area contributed by atoms with Crippen LogP contribution in [0.15, 0.2) is 31.4 Å². The largest absolute Gasteiger partial charge is 0.467 e. The Morgan fingerprint density at radius 1 is 1.37 bits per heavy atom. The molecule has 0 aliphatic carbocycles. The van der Waals surface area contributed by atoms with Crippen molar-refractivity contribution in [3.05, 3.63) is 36.9 Å². The number of anilines is 1. The number of aromatic nitrogens is 4. The molecular weight excluding hydrogens is 346 g/mol. The second-order valence-electron chi connectivity index (χ2n) is 6.88. The van der Waals surface area contributed by atoms with E-state index in [1.807, 2.05) is 0 Å². The number of hydrogen-bond acceptors (Lipinski definition) is 7. The van der Waals surface area contributed by atoms with Crippen molar-refractivity contribution in [2.45, 2.75) is 6.42 Å². The number of amides is 1. The van der Waals surface area contributed by atoms with Gasteiger partial charge in [-0.25, -0.2) is 4.98 Å². The molecule has 0 N–H and O–H groups in total. The molecule has 0 unspecified atom stereocenters. The number of nitrogens with zero attached hydrogens (tertiary/aromatic N) is 7. The van der Waals surface area contributed by atoms with Gasteiger partial charge in [-0.2, -0.15) is 15.2 Å². The fourth-order valence-electron chi connectivity index (χ4n) is 3.83. The van der Waals surface area contributed by atoms with Gasteiger partial charge in [0.15, 0.2) is 11.6 Å². The van der Waals surface area contributed by atoms with Crippen molar-refractivity contribution in [3.63, 3.8) is 0 Å². The highest BCUT2D eigenvalue weighted by molar-refractivity contribution is 5.87. The summed E-state index contributed by atoms with van der Waals surface area (Å²) in [6.45, 7) is 6.43. The lowest BCUT2D eigenvalue weighted by Gasteiger charge is -2.47. The van der Waals surface area contributed by atoms with Gasteiger partial charge in [0, 0.05) is 44.0 Å². The molecule has 2 saturated heterocycles. The number of imidazole rings is 1. The molecule has 4 heterocycles. The van der Waals surface area contributed by atoms with Gasteiger partial charge >= 0.3 is 6.01 Å². The van der Waals surface area contributed by atoms with Crippen molar-refractivity contribution >= 4 is 11.7 Å². The Hall–Kier alpha value is -3.41. The van der Waals surface area contributed by atoms with Crippen LogP contribution in [-0.2, 0) is 4.79 Å². The van der Waals surface area contributed by atoms with Crippen LogP contribution in [0.25, 0.3) is 5.82 Å². The molecule has 27 heavy (non-hydrogen) atoms. The Morgan fingerprint density at radius 2 is 2.15 bits per heavy atom. The zero-order valence-electron chi connectivity index (χ0n) is 15.0.